The molecular weight excluding hydrogens is 374 g/mol. The maximum Gasteiger partial charge on any atom is 0.238 e. The second kappa shape index (κ2) is 9.90. The first-order valence-corrected chi connectivity index (χ1v) is 11.1. The Labute approximate surface area is 179 Å². The first-order valence-electron chi connectivity index (χ1n) is 11.1. The molecule has 2 aliphatic rings. The fraction of sp³-hybridized carbons (Fsp3) is 0.440. The predicted molar refractivity (Wildman–Crippen MR) is 120 cm³/mol. The van der Waals surface area contributed by atoms with Crippen LogP contribution in [-0.4, -0.2) is 54.3 Å². The lowest BCUT2D eigenvalue weighted by Gasteiger charge is -2.32. The number of carbonyl (C=O) groups excluding carboxylic acids is 2. The first-order chi connectivity index (χ1) is 14.7. The van der Waals surface area contributed by atoms with Crippen LogP contribution >= 0.6 is 0 Å². The van der Waals surface area contributed by atoms with Crippen molar-refractivity contribution in [2.75, 3.05) is 38.0 Å². The van der Waals surface area contributed by atoms with E-state index in [1.165, 1.54) is 0 Å². The van der Waals surface area contributed by atoms with Gasteiger partial charge in [0.15, 0.2) is 0 Å². The van der Waals surface area contributed by atoms with Gasteiger partial charge in [0, 0.05) is 30.8 Å². The van der Waals surface area contributed by atoms with Crippen LogP contribution in [0.1, 0.15) is 32.1 Å². The monoisotopic (exact) mass is 405 g/mol. The number of anilines is 1. The second-order valence-electron chi connectivity index (χ2n) is 8.47. The minimum absolute atomic E-state index is 0.0185. The van der Waals surface area contributed by atoms with Crippen LogP contribution in [0.3, 0.4) is 0 Å². The smallest absolute Gasteiger partial charge is 0.238 e. The van der Waals surface area contributed by atoms with Crippen molar-refractivity contribution in [1.82, 2.24) is 9.80 Å². The minimum Gasteiger partial charge on any atom is -0.343 e. The third-order valence-electron chi connectivity index (χ3n) is 6.28. The molecule has 0 saturated carbocycles. The number of hydrogen-bond donors (Lipinski definition) is 1. The van der Waals surface area contributed by atoms with E-state index < -0.39 is 0 Å². The molecular formula is C25H31N3O2. The maximum atomic E-state index is 12.7. The molecule has 2 heterocycles. The molecule has 2 aromatic rings. The Kier molecular flexibility index (Phi) is 6.80. The average Bonchev–Trinajstić information content (AvgIpc) is 3.31. The Morgan fingerprint density at radius 2 is 1.53 bits per heavy atom. The molecule has 0 spiro atoms. The lowest BCUT2D eigenvalue weighted by molar-refractivity contribution is -0.131. The van der Waals surface area contributed by atoms with Gasteiger partial charge in [0.25, 0.3) is 0 Å². The molecule has 2 aliphatic heterocycles. The summed E-state index contributed by atoms with van der Waals surface area (Å²) in [5.41, 5.74) is 2.97. The van der Waals surface area contributed by atoms with Gasteiger partial charge in [-0.1, -0.05) is 48.5 Å². The summed E-state index contributed by atoms with van der Waals surface area (Å²) in [6.45, 7) is 4.03. The number of piperidine rings is 1. The van der Waals surface area contributed by atoms with Gasteiger partial charge in [0.1, 0.15) is 0 Å². The summed E-state index contributed by atoms with van der Waals surface area (Å²) in [4.78, 5) is 29.3. The predicted octanol–water partition coefficient (Wildman–Crippen LogP) is 4.02. The van der Waals surface area contributed by atoms with Gasteiger partial charge in [-0.25, -0.2) is 0 Å². The number of likely N-dealkylation sites (tertiary alicyclic amines) is 2. The van der Waals surface area contributed by atoms with Gasteiger partial charge in [-0.05, 0) is 56.3 Å². The van der Waals surface area contributed by atoms with Crippen LogP contribution in [0.15, 0.2) is 54.6 Å². The fourth-order valence-electron chi connectivity index (χ4n) is 4.55. The Morgan fingerprint density at radius 3 is 2.27 bits per heavy atom. The highest BCUT2D eigenvalue weighted by Gasteiger charge is 2.26. The number of hydrogen-bond acceptors (Lipinski definition) is 3. The molecule has 158 valence electrons. The highest BCUT2D eigenvalue weighted by Crippen LogP contribution is 2.28. The molecule has 0 unspecified atom stereocenters. The van der Waals surface area contributed by atoms with Gasteiger partial charge in [0.2, 0.25) is 11.8 Å². The van der Waals surface area contributed by atoms with Crippen molar-refractivity contribution in [3.8, 4) is 11.1 Å². The number of rotatable bonds is 6. The van der Waals surface area contributed by atoms with Gasteiger partial charge >= 0.3 is 0 Å². The van der Waals surface area contributed by atoms with Crippen molar-refractivity contribution >= 4 is 17.5 Å². The zero-order chi connectivity index (χ0) is 20.8. The van der Waals surface area contributed by atoms with E-state index in [9.17, 15) is 9.59 Å². The van der Waals surface area contributed by atoms with E-state index in [-0.39, 0.29) is 5.91 Å². The summed E-state index contributed by atoms with van der Waals surface area (Å²) in [5.74, 6) is 0.794. The molecule has 2 aromatic carbocycles. The van der Waals surface area contributed by atoms with E-state index >= 15 is 0 Å². The highest BCUT2D eigenvalue weighted by molar-refractivity contribution is 5.96. The van der Waals surface area contributed by atoms with Crippen LogP contribution in [0.4, 0.5) is 5.69 Å². The number of nitrogens with one attached hydrogen (secondary N) is 1. The Hall–Kier alpha value is -2.66. The third kappa shape index (κ3) is 5.28. The molecule has 0 radical (unpaired) electrons. The van der Waals surface area contributed by atoms with Gasteiger partial charge < -0.3 is 10.2 Å². The first kappa shape index (κ1) is 20.6. The van der Waals surface area contributed by atoms with Crippen LogP contribution in [0, 0.1) is 5.92 Å². The molecule has 0 aromatic heterocycles. The summed E-state index contributed by atoms with van der Waals surface area (Å²) in [6, 6.07) is 18.0. The lowest BCUT2D eigenvalue weighted by atomic mass is 9.93. The SMILES string of the molecule is O=C(CN1CCC(CC(=O)N2CCCC2)CC1)Nc1ccccc1-c1ccccc1. The molecule has 2 fully saturated rings. The van der Waals surface area contributed by atoms with Crippen LogP contribution in [0.5, 0.6) is 0 Å². The van der Waals surface area contributed by atoms with E-state index in [0.29, 0.717) is 24.8 Å². The molecule has 0 aliphatic carbocycles. The molecule has 1 N–H and O–H groups in total. The van der Waals surface area contributed by atoms with Crippen LogP contribution < -0.4 is 5.32 Å². The second-order valence-corrected chi connectivity index (χ2v) is 8.47. The van der Waals surface area contributed by atoms with Crippen molar-refractivity contribution in [3.05, 3.63) is 54.6 Å². The topological polar surface area (TPSA) is 52.7 Å². The quantitative estimate of drug-likeness (QED) is 0.790. The van der Waals surface area contributed by atoms with Gasteiger partial charge in [-0.15, -0.1) is 0 Å². The van der Waals surface area contributed by atoms with E-state index in [0.717, 1.165) is 68.7 Å². The van der Waals surface area contributed by atoms with Crippen molar-refractivity contribution in [2.45, 2.75) is 32.1 Å². The normalized spacial score (nSPS) is 17.8. The number of amides is 2. The van der Waals surface area contributed by atoms with E-state index in [2.05, 4.69) is 22.3 Å². The molecule has 2 amide bonds. The van der Waals surface area contributed by atoms with E-state index in [1.54, 1.807) is 0 Å². The number of para-hydroxylation sites is 1. The Bertz CT molecular complexity index is 854. The van der Waals surface area contributed by atoms with Crippen molar-refractivity contribution in [3.63, 3.8) is 0 Å². The van der Waals surface area contributed by atoms with Crippen LogP contribution in [0.2, 0.25) is 0 Å². The zero-order valence-electron chi connectivity index (χ0n) is 17.6. The Morgan fingerprint density at radius 1 is 0.867 bits per heavy atom. The molecule has 5 heteroatoms. The standard InChI is InChI=1S/C25H31N3O2/c29-24(26-23-11-5-4-10-22(23)21-8-2-1-3-9-21)19-27-16-12-20(13-17-27)18-25(30)28-14-6-7-15-28/h1-5,8-11,20H,6-7,12-19H2,(H,26,29). The molecule has 0 atom stereocenters. The number of benzene rings is 2. The fourth-order valence-corrected chi connectivity index (χ4v) is 4.55. The maximum absolute atomic E-state index is 12.7. The lowest BCUT2D eigenvalue weighted by Crippen LogP contribution is -2.40. The molecule has 30 heavy (non-hydrogen) atoms. The summed E-state index contributed by atoms with van der Waals surface area (Å²) < 4.78 is 0. The molecule has 5 nitrogen and oxygen atoms in total. The number of carbonyl (C=O) groups is 2. The minimum atomic E-state index is 0.0185. The largest absolute Gasteiger partial charge is 0.343 e. The van der Waals surface area contributed by atoms with E-state index in [4.69, 9.17) is 0 Å². The van der Waals surface area contributed by atoms with Crippen molar-refractivity contribution in [2.24, 2.45) is 5.92 Å². The average molecular weight is 406 g/mol. The van der Waals surface area contributed by atoms with Gasteiger partial charge in [-0.2, -0.15) is 0 Å². The van der Waals surface area contributed by atoms with Crippen LogP contribution in [0.25, 0.3) is 11.1 Å². The highest BCUT2D eigenvalue weighted by atomic mass is 16.2. The summed E-state index contributed by atoms with van der Waals surface area (Å²) in [6.07, 6.45) is 4.95. The van der Waals surface area contributed by atoms with E-state index in [1.807, 2.05) is 47.4 Å². The molecule has 2 saturated heterocycles. The van der Waals surface area contributed by atoms with Gasteiger partial charge in [0.05, 0.1) is 6.54 Å². The number of nitrogens with zero attached hydrogens (tertiary/aromatic N) is 2. The van der Waals surface area contributed by atoms with Crippen molar-refractivity contribution < 1.29 is 9.59 Å². The van der Waals surface area contributed by atoms with Crippen molar-refractivity contribution in [1.29, 1.82) is 0 Å². The molecule has 4 rings (SSSR count). The Balaban J connectivity index is 1.26. The molecule has 0 bridgehead atoms. The summed E-state index contributed by atoms with van der Waals surface area (Å²) >= 11 is 0. The summed E-state index contributed by atoms with van der Waals surface area (Å²) in [7, 11) is 0. The summed E-state index contributed by atoms with van der Waals surface area (Å²) in [5, 5.41) is 3.10. The van der Waals surface area contributed by atoms with Crippen LogP contribution in [-0.2, 0) is 9.59 Å². The third-order valence-corrected chi connectivity index (χ3v) is 6.28. The van der Waals surface area contributed by atoms with Gasteiger partial charge in [-0.3, -0.25) is 14.5 Å². The zero-order valence-corrected chi connectivity index (χ0v) is 17.6.